The van der Waals surface area contributed by atoms with Crippen molar-refractivity contribution in [3.8, 4) is 0 Å². The van der Waals surface area contributed by atoms with Gasteiger partial charge in [-0.05, 0) is 25.2 Å². The Labute approximate surface area is 112 Å². The average Bonchev–Trinajstić information content (AvgIpc) is 2.34. The summed E-state index contributed by atoms with van der Waals surface area (Å²) in [6.07, 6.45) is 1.83. The molecule has 19 heavy (non-hydrogen) atoms. The van der Waals surface area contributed by atoms with Crippen LogP contribution in [-0.2, 0) is 22.7 Å². The molecule has 1 aromatic carbocycles. The molecule has 0 fully saturated rings. The van der Waals surface area contributed by atoms with Crippen LogP contribution in [0.3, 0.4) is 0 Å². The number of amides is 1. The van der Waals surface area contributed by atoms with E-state index in [4.69, 9.17) is 5.11 Å². The Kier molecular flexibility index (Phi) is 5.75. The van der Waals surface area contributed by atoms with Gasteiger partial charge in [-0.25, -0.2) is 4.79 Å². The van der Waals surface area contributed by atoms with Crippen molar-refractivity contribution in [2.75, 3.05) is 14.1 Å². The van der Waals surface area contributed by atoms with E-state index in [1.807, 2.05) is 43.3 Å². The molecule has 0 aliphatic heterocycles. The van der Waals surface area contributed by atoms with Crippen LogP contribution >= 0.6 is 0 Å². The largest absolute Gasteiger partial charge is 0.478 e. The SMILES string of the molecule is CN(C)Cc1ccccc1CNC(=O)/C=C/C(=O)O. The third kappa shape index (κ3) is 5.83. The van der Waals surface area contributed by atoms with Gasteiger partial charge in [-0.2, -0.15) is 0 Å². The number of hydrogen-bond acceptors (Lipinski definition) is 3. The van der Waals surface area contributed by atoms with Gasteiger partial charge in [0.15, 0.2) is 0 Å². The third-order valence-corrected chi connectivity index (χ3v) is 2.44. The van der Waals surface area contributed by atoms with Crippen molar-refractivity contribution >= 4 is 11.9 Å². The summed E-state index contributed by atoms with van der Waals surface area (Å²) in [6, 6.07) is 7.82. The van der Waals surface area contributed by atoms with Gasteiger partial charge in [0.1, 0.15) is 0 Å². The molecule has 0 heterocycles. The van der Waals surface area contributed by atoms with Crippen LogP contribution in [0.15, 0.2) is 36.4 Å². The van der Waals surface area contributed by atoms with E-state index in [0.717, 1.165) is 29.8 Å². The summed E-state index contributed by atoms with van der Waals surface area (Å²) in [7, 11) is 3.95. The van der Waals surface area contributed by atoms with Crippen LogP contribution in [0, 0.1) is 0 Å². The standard InChI is InChI=1S/C14H18N2O3/c1-16(2)10-12-6-4-3-5-11(12)9-15-13(17)7-8-14(18)19/h3-8H,9-10H2,1-2H3,(H,15,17)(H,18,19)/b8-7+. The molecule has 0 unspecified atom stereocenters. The zero-order valence-electron chi connectivity index (χ0n) is 11.1. The molecular weight excluding hydrogens is 244 g/mol. The molecule has 0 radical (unpaired) electrons. The fourth-order valence-electron chi connectivity index (χ4n) is 1.61. The number of carbonyl (C=O) groups is 2. The van der Waals surface area contributed by atoms with Crippen LogP contribution in [0.5, 0.6) is 0 Å². The second kappa shape index (κ2) is 7.33. The zero-order chi connectivity index (χ0) is 14.3. The van der Waals surface area contributed by atoms with Crippen molar-refractivity contribution in [1.29, 1.82) is 0 Å². The quantitative estimate of drug-likeness (QED) is 0.751. The summed E-state index contributed by atoms with van der Waals surface area (Å²) in [5.41, 5.74) is 2.16. The molecule has 0 saturated carbocycles. The van der Waals surface area contributed by atoms with Gasteiger partial charge in [-0.1, -0.05) is 24.3 Å². The number of nitrogens with zero attached hydrogens (tertiary/aromatic N) is 1. The lowest BCUT2D eigenvalue weighted by Gasteiger charge is -2.14. The number of benzene rings is 1. The Bertz CT molecular complexity index is 481. The topological polar surface area (TPSA) is 69.6 Å². The molecule has 0 atom stereocenters. The Hall–Kier alpha value is -2.14. The van der Waals surface area contributed by atoms with Gasteiger partial charge < -0.3 is 15.3 Å². The molecule has 0 aromatic heterocycles. The summed E-state index contributed by atoms with van der Waals surface area (Å²) in [5, 5.41) is 11.1. The molecule has 0 aliphatic rings. The third-order valence-electron chi connectivity index (χ3n) is 2.44. The number of aliphatic carboxylic acids is 1. The maximum Gasteiger partial charge on any atom is 0.328 e. The minimum absolute atomic E-state index is 0.382. The van der Waals surface area contributed by atoms with Crippen molar-refractivity contribution in [3.63, 3.8) is 0 Å². The van der Waals surface area contributed by atoms with E-state index in [0.29, 0.717) is 6.54 Å². The van der Waals surface area contributed by atoms with E-state index in [1.54, 1.807) is 0 Å². The molecule has 2 N–H and O–H groups in total. The fourth-order valence-corrected chi connectivity index (χ4v) is 1.61. The average molecular weight is 262 g/mol. The molecule has 0 spiro atoms. The van der Waals surface area contributed by atoms with Crippen molar-refractivity contribution < 1.29 is 14.7 Å². The lowest BCUT2D eigenvalue weighted by molar-refractivity contribution is -0.131. The monoisotopic (exact) mass is 262 g/mol. The van der Waals surface area contributed by atoms with Gasteiger partial charge >= 0.3 is 5.97 Å². The number of hydrogen-bond donors (Lipinski definition) is 2. The molecular formula is C14H18N2O3. The normalized spacial score (nSPS) is 10.9. The first-order valence-corrected chi connectivity index (χ1v) is 5.89. The highest BCUT2D eigenvalue weighted by molar-refractivity contribution is 5.93. The van der Waals surface area contributed by atoms with E-state index in [9.17, 15) is 9.59 Å². The summed E-state index contributed by atoms with van der Waals surface area (Å²) >= 11 is 0. The van der Waals surface area contributed by atoms with Gasteiger partial charge in [0, 0.05) is 25.2 Å². The van der Waals surface area contributed by atoms with Crippen molar-refractivity contribution in [2.45, 2.75) is 13.1 Å². The maximum absolute atomic E-state index is 11.4. The van der Waals surface area contributed by atoms with Crippen LogP contribution in [0.4, 0.5) is 0 Å². The number of rotatable bonds is 6. The minimum Gasteiger partial charge on any atom is -0.478 e. The molecule has 0 saturated heterocycles. The highest BCUT2D eigenvalue weighted by Gasteiger charge is 2.04. The Morgan fingerprint density at radius 2 is 1.84 bits per heavy atom. The predicted octanol–water partition coefficient (Wildman–Crippen LogP) is 1.01. The fraction of sp³-hybridized carbons (Fsp3) is 0.286. The first kappa shape index (κ1) is 14.9. The summed E-state index contributed by atoms with van der Waals surface area (Å²) in [4.78, 5) is 23.7. The van der Waals surface area contributed by atoms with Crippen LogP contribution in [0.1, 0.15) is 11.1 Å². The van der Waals surface area contributed by atoms with Crippen molar-refractivity contribution in [3.05, 3.63) is 47.5 Å². The van der Waals surface area contributed by atoms with E-state index in [1.165, 1.54) is 0 Å². The second-order valence-electron chi connectivity index (χ2n) is 4.40. The lowest BCUT2D eigenvalue weighted by atomic mass is 10.1. The van der Waals surface area contributed by atoms with Gasteiger partial charge in [0.2, 0.25) is 5.91 Å². The number of carboxylic acids is 1. The number of nitrogens with one attached hydrogen (secondary N) is 1. The first-order chi connectivity index (χ1) is 8.99. The molecule has 1 rings (SSSR count). The van der Waals surface area contributed by atoms with E-state index < -0.39 is 11.9 Å². The molecule has 5 heteroatoms. The Balaban J connectivity index is 2.62. The zero-order valence-corrected chi connectivity index (χ0v) is 11.1. The van der Waals surface area contributed by atoms with Crippen LogP contribution in [-0.4, -0.2) is 36.0 Å². The van der Waals surface area contributed by atoms with Gasteiger partial charge in [-0.3, -0.25) is 4.79 Å². The number of carbonyl (C=O) groups excluding carboxylic acids is 1. The smallest absolute Gasteiger partial charge is 0.328 e. The van der Waals surface area contributed by atoms with Crippen LogP contribution in [0.25, 0.3) is 0 Å². The highest BCUT2D eigenvalue weighted by atomic mass is 16.4. The Morgan fingerprint density at radius 3 is 2.42 bits per heavy atom. The maximum atomic E-state index is 11.4. The summed E-state index contributed by atoms with van der Waals surface area (Å²) in [5.74, 6) is -1.55. The van der Waals surface area contributed by atoms with Gasteiger partial charge in [-0.15, -0.1) is 0 Å². The lowest BCUT2D eigenvalue weighted by Crippen LogP contribution is -2.22. The van der Waals surface area contributed by atoms with Gasteiger partial charge in [0.25, 0.3) is 0 Å². The van der Waals surface area contributed by atoms with E-state index in [2.05, 4.69) is 5.32 Å². The van der Waals surface area contributed by atoms with Gasteiger partial charge in [0.05, 0.1) is 0 Å². The summed E-state index contributed by atoms with van der Waals surface area (Å²) < 4.78 is 0. The summed E-state index contributed by atoms with van der Waals surface area (Å²) in [6.45, 7) is 1.17. The highest BCUT2D eigenvalue weighted by Crippen LogP contribution is 2.10. The second-order valence-corrected chi connectivity index (χ2v) is 4.40. The van der Waals surface area contributed by atoms with Crippen LogP contribution < -0.4 is 5.32 Å². The molecule has 5 nitrogen and oxygen atoms in total. The van der Waals surface area contributed by atoms with Crippen molar-refractivity contribution in [1.82, 2.24) is 10.2 Å². The minimum atomic E-state index is -1.14. The van der Waals surface area contributed by atoms with E-state index in [-0.39, 0.29) is 0 Å². The molecule has 0 aliphatic carbocycles. The van der Waals surface area contributed by atoms with Crippen LogP contribution in [0.2, 0.25) is 0 Å². The molecule has 102 valence electrons. The van der Waals surface area contributed by atoms with E-state index >= 15 is 0 Å². The molecule has 1 amide bonds. The first-order valence-electron chi connectivity index (χ1n) is 5.89. The molecule has 0 bridgehead atoms. The van der Waals surface area contributed by atoms with Crippen molar-refractivity contribution in [2.24, 2.45) is 0 Å². The predicted molar refractivity (Wildman–Crippen MR) is 72.5 cm³/mol. The number of carboxylic acid groups (broad SMARTS) is 1. The molecule has 1 aromatic rings. The Morgan fingerprint density at radius 1 is 1.21 bits per heavy atom.